The summed E-state index contributed by atoms with van der Waals surface area (Å²) in [4.78, 5) is 12.0. The Balaban J connectivity index is 1.89. The number of anilines is 1. The highest BCUT2D eigenvalue weighted by Crippen LogP contribution is 2.26. The zero-order chi connectivity index (χ0) is 17.5. The topological polar surface area (TPSA) is 38.3 Å². The second-order valence-electron chi connectivity index (χ2n) is 5.35. The zero-order valence-electron chi connectivity index (χ0n) is 13.5. The van der Waals surface area contributed by atoms with Crippen LogP contribution >= 0.6 is 11.8 Å². The summed E-state index contributed by atoms with van der Waals surface area (Å²) in [7, 11) is 0. The summed E-state index contributed by atoms with van der Waals surface area (Å²) in [6.45, 7) is 1.13. The average molecular weight is 351 g/mol. The van der Waals surface area contributed by atoms with Crippen LogP contribution in [0.25, 0.3) is 0 Å². The molecule has 0 saturated heterocycles. The van der Waals surface area contributed by atoms with E-state index in [4.69, 9.17) is 0 Å². The van der Waals surface area contributed by atoms with Crippen LogP contribution in [0.15, 0.2) is 42.5 Å². The van der Waals surface area contributed by atoms with Gasteiger partial charge in [0.05, 0.1) is 11.4 Å². The molecule has 0 unspecified atom stereocenters. The Morgan fingerprint density at radius 1 is 1.21 bits per heavy atom. The molecule has 0 bridgehead atoms. The van der Waals surface area contributed by atoms with Crippen LogP contribution in [0.3, 0.4) is 0 Å². The van der Waals surface area contributed by atoms with Crippen molar-refractivity contribution in [1.82, 2.24) is 0 Å². The molecule has 0 fully saturated rings. The number of alkyl halides is 2. The molecule has 1 amide bonds. The number of aryl methyl sites for hydroxylation is 2. The molecular weight excluding hydrogens is 332 g/mol. The van der Waals surface area contributed by atoms with Gasteiger partial charge in [-0.15, -0.1) is 11.8 Å². The van der Waals surface area contributed by atoms with E-state index in [0.29, 0.717) is 0 Å². The largest absolute Gasteiger partial charge is 0.433 e. The highest BCUT2D eigenvalue weighted by molar-refractivity contribution is 7.99. The van der Waals surface area contributed by atoms with Gasteiger partial charge in [0.15, 0.2) is 0 Å². The number of hydrogen-bond acceptors (Lipinski definition) is 3. The maximum absolute atomic E-state index is 12.4. The van der Waals surface area contributed by atoms with E-state index in [2.05, 4.69) is 28.3 Å². The van der Waals surface area contributed by atoms with Crippen molar-refractivity contribution in [2.24, 2.45) is 0 Å². The number of carbonyl (C=O) groups excluding carboxylic acids is 1. The number of para-hydroxylation sites is 2. The minimum absolute atomic E-state index is 0.0413. The highest BCUT2D eigenvalue weighted by atomic mass is 32.2. The minimum Gasteiger partial charge on any atom is -0.433 e. The van der Waals surface area contributed by atoms with E-state index in [1.54, 1.807) is 12.1 Å². The number of benzene rings is 2. The van der Waals surface area contributed by atoms with Crippen molar-refractivity contribution < 1.29 is 18.3 Å². The van der Waals surface area contributed by atoms with Gasteiger partial charge in [0.1, 0.15) is 5.75 Å². The number of amides is 1. The van der Waals surface area contributed by atoms with Gasteiger partial charge in [0.25, 0.3) is 0 Å². The summed E-state index contributed by atoms with van der Waals surface area (Å²) < 4.78 is 29.1. The van der Waals surface area contributed by atoms with Crippen molar-refractivity contribution in [3.8, 4) is 5.75 Å². The summed E-state index contributed by atoms with van der Waals surface area (Å²) in [6, 6.07) is 12.4. The molecule has 0 saturated carbocycles. The third-order valence-electron chi connectivity index (χ3n) is 3.37. The van der Waals surface area contributed by atoms with Gasteiger partial charge in [0, 0.05) is 5.75 Å². The van der Waals surface area contributed by atoms with E-state index in [1.165, 1.54) is 40.6 Å². The molecule has 0 aromatic heterocycles. The van der Waals surface area contributed by atoms with Crippen molar-refractivity contribution in [2.45, 2.75) is 26.2 Å². The first kappa shape index (κ1) is 18.3. The van der Waals surface area contributed by atoms with E-state index >= 15 is 0 Å². The molecule has 128 valence electrons. The SMILES string of the molecule is Cc1ccc(C)c(CSCC(=O)Nc2ccccc2OC(F)F)c1. The molecule has 2 aromatic carbocycles. The summed E-state index contributed by atoms with van der Waals surface area (Å²) in [5.41, 5.74) is 3.80. The Morgan fingerprint density at radius 2 is 1.96 bits per heavy atom. The molecule has 0 aliphatic heterocycles. The van der Waals surface area contributed by atoms with Gasteiger partial charge in [-0.3, -0.25) is 4.79 Å². The fourth-order valence-electron chi connectivity index (χ4n) is 2.16. The van der Waals surface area contributed by atoms with Gasteiger partial charge in [-0.1, -0.05) is 35.9 Å². The number of nitrogens with one attached hydrogen (secondary N) is 1. The first-order chi connectivity index (χ1) is 11.5. The number of carbonyl (C=O) groups is 1. The average Bonchev–Trinajstić information content (AvgIpc) is 2.52. The maximum Gasteiger partial charge on any atom is 0.387 e. The predicted octanol–water partition coefficient (Wildman–Crippen LogP) is 4.78. The molecule has 0 atom stereocenters. The van der Waals surface area contributed by atoms with Crippen LogP contribution in [-0.2, 0) is 10.5 Å². The Hall–Kier alpha value is -2.08. The van der Waals surface area contributed by atoms with Gasteiger partial charge in [-0.2, -0.15) is 8.78 Å². The minimum atomic E-state index is -2.93. The number of thioether (sulfide) groups is 1. The predicted molar refractivity (Wildman–Crippen MR) is 93.8 cm³/mol. The van der Waals surface area contributed by atoms with Crippen LogP contribution in [0, 0.1) is 13.8 Å². The van der Waals surface area contributed by atoms with E-state index in [1.807, 2.05) is 13.8 Å². The number of ether oxygens (including phenoxy) is 1. The molecule has 24 heavy (non-hydrogen) atoms. The first-order valence-electron chi connectivity index (χ1n) is 7.43. The fraction of sp³-hybridized carbons (Fsp3) is 0.278. The van der Waals surface area contributed by atoms with E-state index in [-0.39, 0.29) is 23.1 Å². The van der Waals surface area contributed by atoms with Crippen molar-refractivity contribution in [3.63, 3.8) is 0 Å². The van der Waals surface area contributed by atoms with E-state index in [0.717, 1.165) is 5.75 Å². The number of halogens is 2. The molecule has 6 heteroatoms. The van der Waals surface area contributed by atoms with Crippen molar-refractivity contribution in [2.75, 3.05) is 11.1 Å². The molecule has 2 rings (SSSR count). The van der Waals surface area contributed by atoms with Crippen molar-refractivity contribution in [1.29, 1.82) is 0 Å². The molecule has 0 radical (unpaired) electrons. The molecule has 0 heterocycles. The lowest BCUT2D eigenvalue weighted by Gasteiger charge is -2.12. The van der Waals surface area contributed by atoms with Crippen LogP contribution in [0.2, 0.25) is 0 Å². The lowest BCUT2D eigenvalue weighted by molar-refractivity contribution is -0.113. The Morgan fingerprint density at radius 3 is 2.71 bits per heavy atom. The second kappa shape index (κ2) is 8.68. The third-order valence-corrected chi connectivity index (χ3v) is 4.35. The molecule has 0 aliphatic rings. The highest BCUT2D eigenvalue weighted by Gasteiger charge is 2.11. The smallest absolute Gasteiger partial charge is 0.387 e. The van der Waals surface area contributed by atoms with E-state index < -0.39 is 6.61 Å². The van der Waals surface area contributed by atoms with Crippen LogP contribution in [0.4, 0.5) is 14.5 Å². The molecule has 2 aromatic rings. The molecule has 0 aliphatic carbocycles. The van der Waals surface area contributed by atoms with E-state index in [9.17, 15) is 13.6 Å². The number of hydrogen-bond donors (Lipinski definition) is 1. The Labute approximate surface area is 144 Å². The maximum atomic E-state index is 12.4. The quantitative estimate of drug-likeness (QED) is 0.780. The molecular formula is C18H19F2NO2S. The van der Waals surface area contributed by atoms with Crippen LogP contribution in [0.1, 0.15) is 16.7 Å². The molecule has 0 spiro atoms. The standard InChI is InChI=1S/C18H19F2NO2S/c1-12-7-8-13(2)14(9-12)10-24-11-17(22)21-15-5-3-4-6-16(15)23-18(19)20/h3-9,18H,10-11H2,1-2H3,(H,21,22). The third kappa shape index (κ3) is 5.53. The molecule has 3 nitrogen and oxygen atoms in total. The van der Waals surface area contributed by atoms with Gasteiger partial charge < -0.3 is 10.1 Å². The zero-order valence-corrected chi connectivity index (χ0v) is 14.3. The lowest BCUT2D eigenvalue weighted by Crippen LogP contribution is -2.15. The monoisotopic (exact) mass is 351 g/mol. The van der Waals surface area contributed by atoms with Crippen LogP contribution in [0.5, 0.6) is 5.75 Å². The molecule has 1 N–H and O–H groups in total. The van der Waals surface area contributed by atoms with Crippen LogP contribution in [-0.4, -0.2) is 18.3 Å². The summed E-state index contributed by atoms with van der Waals surface area (Å²) >= 11 is 1.48. The van der Waals surface area contributed by atoms with Crippen molar-refractivity contribution >= 4 is 23.4 Å². The fourth-order valence-corrected chi connectivity index (χ4v) is 3.05. The Bertz CT molecular complexity index is 707. The normalized spacial score (nSPS) is 10.7. The Kier molecular flexibility index (Phi) is 6.61. The lowest BCUT2D eigenvalue weighted by atomic mass is 10.1. The first-order valence-corrected chi connectivity index (χ1v) is 8.58. The summed E-state index contributed by atoms with van der Waals surface area (Å²) in [5, 5.41) is 2.61. The second-order valence-corrected chi connectivity index (χ2v) is 6.33. The number of rotatable bonds is 7. The van der Waals surface area contributed by atoms with Gasteiger partial charge in [-0.25, -0.2) is 0 Å². The van der Waals surface area contributed by atoms with Crippen LogP contribution < -0.4 is 10.1 Å². The van der Waals surface area contributed by atoms with Gasteiger partial charge in [-0.05, 0) is 37.1 Å². The van der Waals surface area contributed by atoms with Gasteiger partial charge in [0.2, 0.25) is 5.91 Å². The van der Waals surface area contributed by atoms with Crippen molar-refractivity contribution in [3.05, 3.63) is 59.2 Å². The summed E-state index contributed by atoms with van der Waals surface area (Å²) in [6.07, 6.45) is 0. The summed E-state index contributed by atoms with van der Waals surface area (Å²) in [5.74, 6) is 0.656. The van der Waals surface area contributed by atoms with Gasteiger partial charge >= 0.3 is 6.61 Å².